The van der Waals surface area contributed by atoms with Gasteiger partial charge >= 0.3 is 0 Å². The highest BCUT2D eigenvalue weighted by atomic mass is 15.2. The van der Waals surface area contributed by atoms with Crippen molar-refractivity contribution in [2.24, 2.45) is 0 Å². The van der Waals surface area contributed by atoms with Crippen molar-refractivity contribution in [2.45, 2.75) is 39.2 Å². The van der Waals surface area contributed by atoms with Gasteiger partial charge in [-0.05, 0) is 38.5 Å². The standard InChI is InChI=1S/C19H23N3/c1-14(15-10-6-5-7-11-15)17-18(21-19(2,3)4)22-13-9-8-12-16(22)20-17/h5-14,21H,1-4H3. The summed E-state index contributed by atoms with van der Waals surface area (Å²) in [6.07, 6.45) is 2.07. The number of benzene rings is 1. The summed E-state index contributed by atoms with van der Waals surface area (Å²) < 4.78 is 2.14. The molecule has 3 rings (SSSR count). The number of fused-ring (bicyclic) bond motifs is 1. The van der Waals surface area contributed by atoms with Gasteiger partial charge in [0.1, 0.15) is 11.5 Å². The van der Waals surface area contributed by atoms with Crippen LogP contribution in [0.3, 0.4) is 0 Å². The van der Waals surface area contributed by atoms with Gasteiger partial charge in [-0.3, -0.25) is 4.40 Å². The van der Waals surface area contributed by atoms with E-state index in [1.807, 2.05) is 18.2 Å². The first-order valence-corrected chi connectivity index (χ1v) is 7.76. The highest BCUT2D eigenvalue weighted by molar-refractivity contribution is 5.58. The quantitative estimate of drug-likeness (QED) is 0.758. The van der Waals surface area contributed by atoms with Crippen LogP contribution in [0.25, 0.3) is 5.65 Å². The van der Waals surface area contributed by atoms with E-state index in [1.165, 1.54) is 5.56 Å². The Morgan fingerprint density at radius 3 is 2.36 bits per heavy atom. The molecule has 2 aromatic heterocycles. The van der Waals surface area contributed by atoms with Gasteiger partial charge in [0.05, 0.1) is 5.69 Å². The lowest BCUT2D eigenvalue weighted by Crippen LogP contribution is -2.27. The molecule has 114 valence electrons. The first-order valence-electron chi connectivity index (χ1n) is 7.76. The highest BCUT2D eigenvalue weighted by Gasteiger charge is 2.22. The number of pyridine rings is 1. The lowest BCUT2D eigenvalue weighted by molar-refractivity contribution is 0.626. The molecule has 3 nitrogen and oxygen atoms in total. The van der Waals surface area contributed by atoms with Gasteiger partial charge in [-0.1, -0.05) is 43.3 Å². The van der Waals surface area contributed by atoms with Crippen LogP contribution in [0.15, 0.2) is 54.7 Å². The molecule has 0 aliphatic heterocycles. The van der Waals surface area contributed by atoms with E-state index in [0.717, 1.165) is 17.2 Å². The Labute approximate surface area is 132 Å². The molecule has 22 heavy (non-hydrogen) atoms. The molecule has 0 aliphatic rings. The fourth-order valence-electron chi connectivity index (χ4n) is 2.69. The molecule has 0 bridgehead atoms. The molecule has 1 aromatic carbocycles. The Morgan fingerprint density at radius 2 is 1.68 bits per heavy atom. The van der Waals surface area contributed by atoms with Gasteiger partial charge < -0.3 is 5.32 Å². The zero-order valence-electron chi connectivity index (χ0n) is 13.7. The van der Waals surface area contributed by atoms with Crippen LogP contribution < -0.4 is 5.32 Å². The summed E-state index contributed by atoms with van der Waals surface area (Å²) in [5.74, 6) is 1.32. The second-order valence-electron chi connectivity index (χ2n) is 6.78. The zero-order valence-corrected chi connectivity index (χ0v) is 13.7. The average molecular weight is 293 g/mol. The van der Waals surface area contributed by atoms with E-state index in [2.05, 4.69) is 73.9 Å². The molecule has 1 unspecified atom stereocenters. The maximum Gasteiger partial charge on any atom is 0.138 e. The predicted molar refractivity (Wildman–Crippen MR) is 92.5 cm³/mol. The molecule has 3 heteroatoms. The number of rotatable bonds is 3. The normalized spacial score (nSPS) is 13.3. The van der Waals surface area contributed by atoms with Gasteiger partial charge in [0, 0.05) is 17.7 Å². The largest absolute Gasteiger partial charge is 0.365 e. The second-order valence-corrected chi connectivity index (χ2v) is 6.78. The monoisotopic (exact) mass is 293 g/mol. The minimum Gasteiger partial charge on any atom is -0.365 e. The van der Waals surface area contributed by atoms with Crippen LogP contribution in [0, 0.1) is 0 Å². The third-order valence-corrected chi connectivity index (χ3v) is 3.76. The van der Waals surface area contributed by atoms with Crippen LogP contribution in [0.1, 0.15) is 44.9 Å². The van der Waals surface area contributed by atoms with Crippen LogP contribution in [0.4, 0.5) is 5.82 Å². The van der Waals surface area contributed by atoms with Crippen LogP contribution in [-0.2, 0) is 0 Å². The van der Waals surface area contributed by atoms with E-state index in [-0.39, 0.29) is 11.5 Å². The second kappa shape index (κ2) is 5.48. The summed E-state index contributed by atoms with van der Waals surface area (Å²) in [4.78, 5) is 4.87. The Bertz CT molecular complexity index is 766. The first-order chi connectivity index (χ1) is 10.5. The van der Waals surface area contributed by atoms with Crippen LogP contribution in [0.5, 0.6) is 0 Å². The van der Waals surface area contributed by atoms with E-state index in [1.54, 1.807) is 0 Å². The van der Waals surface area contributed by atoms with Crippen molar-refractivity contribution in [1.82, 2.24) is 9.38 Å². The van der Waals surface area contributed by atoms with Gasteiger partial charge in [0.2, 0.25) is 0 Å². The third kappa shape index (κ3) is 2.84. The Balaban J connectivity index is 2.14. The molecule has 1 N–H and O–H groups in total. The van der Waals surface area contributed by atoms with Gasteiger partial charge in [0.15, 0.2) is 0 Å². The zero-order chi connectivity index (χ0) is 15.7. The molecule has 0 saturated carbocycles. The van der Waals surface area contributed by atoms with E-state index in [9.17, 15) is 0 Å². The van der Waals surface area contributed by atoms with Gasteiger partial charge in [-0.15, -0.1) is 0 Å². The summed E-state index contributed by atoms with van der Waals surface area (Å²) in [6.45, 7) is 8.73. The van der Waals surface area contributed by atoms with E-state index >= 15 is 0 Å². The first kappa shape index (κ1) is 14.6. The third-order valence-electron chi connectivity index (χ3n) is 3.76. The number of hydrogen-bond donors (Lipinski definition) is 1. The molecule has 2 heterocycles. The Hall–Kier alpha value is -2.29. The molecule has 0 saturated heterocycles. The van der Waals surface area contributed by atoms with Gasteiger partial charge in [-0.2, -0.15) is 0 Å². The van der Waals surface area contributed by atoms with Crippen molar-refractivity contribution in [2.75, 3.05) is 5.32 Å². The minimum absolute atomic E-state index is 0.0169. The van der Waals surface area contributed by atoms with E-state index in [4.69, 9.17) is 4.98 Å². The maximum atomic E-state index is 4.87. The average Bonchev–Trinajstić information content (AvgIpc) is 2.84. The summed E-state index contributed by atoms with van der Waals surface area (Å²) in [6, 6.07) is 16.7. The van der Waals surface area contributed by atoms with Crippen molar-refractivity contribution in [1.29, 1.82) is 0 Å². The van der Waals surface area contributed by atoms with Crippen molar-refractivity contribution < 1.29 is 0 Å². The smallest absolute Gasteiger partial charge is 0.138 e. The number of nitrogens with one attached hydrogen (secondary N) is 1. The highest BCUT2D eigenvalue weighted by Crippen LogP contribution is 2.31. The van der Waals surface area contributed by atoms with E-state index < -0.39 is 0 Å². The topological polar surface area (TPSA) is 29.3 Å². The molecule has 0 aliphatic carbocycles. The van der Waals surface area contributed by atoms with Crippen molar-refractivity contribution >= 4 is 11.5 Å². The number of nitrogens with zero attached hydrogens (tertiary/aromatic N) is 2. The van der Waals surface area contributed by atoms with Gasteiger partial charge in [-0.25, -0.2) is 4.98 Å². The molecule has 0 amide bonds. The van der Waals surface area contributed by atoms with Crippen molar-refractivity contribution in [3.05, 3.63) is 66.0 Å². The van der Waals surface area contributed by atoms with Crippen LogP contribution in [0.2, 0.25) is 0 Å². The van der Waals surface area contributed by atoms with E-state index in [0.29, 0.717) is 0 Å². The lowest BCUT2D eigenvalue weighted by Gasteiger charge is -2.24. The summed E-state index contributed by atoms with van der Waals surface area (Å²) in [5.41, 5.74) is 3.33. The fraction of sp³-hybridized carbons (Fsp3) is 0.316. The molecule has 0 radical (unpaired) electrons. The molecule has 3 aromatic rings. The molecular formula is C19H23N3. The number of hydrogen-bond acceptors (Lipinski definition) is 2. The number of anilines is 1. The summed E-state index contributed by atoms with van der Waals surface area (Å²) in [5, 5.41) is 3.62. The molecule has 0 spiro atoms. The van der Waals surface area contributed by atoms with Crippen molar-refractivity contribution in [3.63, 3.8) is 0 Å². The summed E-state index contributed by atoms with van der Waals surface area (Å²) in [7, 11) is 0. The van der Waals surface area contributed by atoms with Crippen LogP contribution in [-0.4, -0.2) is 14.9 Å². The van der Waals surface area contributed by atoms with Crippen molar-refractivity contribution in [3.8, 4) is 0 Å². The lowest BCUT2D eigenvalue weighted by atomic mass is 9.97. The van der Waals surface area contributed by atoms with Crippen LogP contribution >= 0.6 is 0 Å². The number of aromatic nitrogens is 2. The SMILES string of the molecule is CC(c1ccccc1)c1nc2ccccn2c1NC(C)(C)C. The Kier molecular flexibility index (Phi) is 3.65. The fourth-order valence-corrected chi connectivity index (χ4v) is 2.69. The molecule has 0 fully saturated rings. The minimum atomic E-state index is -0.0169. The number of imidazole rings is 1. The molecule has 1 atom stereocenters. The molecular weight excluding hydrogens is 270 g/mol. The Morgan fingerprint density at radius 1 is 1.00 bits per heavy atom. The predicted octanol–water partition coefficient (Wildman–Crippen LogP) is 4.70. The maximum absolute atomic E-state index is 4.87. The summed E-state index contributed by atoms with van der Waals surface area (Å²) >= 11 is 0. The van der Waals surface area contributed by atoms with Gasteiger partial charge in [0.25, 0.3) is 0 Å².